The fourth-order valence-corrected chi connectivity index (χ4v) is 6.83. The zero-order chi connectivity index (χ0) is 34.7. The van der Waals surface area contributed by atoms with Gasteiger partial charge in [-0.3, -0.25) is 9.69 Å². The summed E-state index contributed by atoms with van der Waals surface area (Å²) in [5, 5.41) is 20.2. The van der Waals surface area contributed by atoms with Gasteiger partial charge in [0.05, 0.1) is 26.3 Å². The predicted octanol–water partition coefficient (Wildman–Crippen LogP) is 5.98. The first kappa shape index (κ1) is 34.0. The van der Waals surface area contributed by atoms with Crippen LogP contribution in [0.4, 0.5) is 9.59 Å². The molecule has 0 unspecified atom stereocenters. The topological polar surface area (TPSA) is 138 Å². The van der Waals surface area contributed by atoms with Crippen molar-refractivity contribution in [2.45, 2.75) is 43.9 Å². The third kappa shape index (κ3) is 7.72. The van der Waals surface area contributed by atoms with Gasteiger partial charge in [0.25, 0.3) is 5.91 Å². The van der Waals surface area contributed by atoms with Gasteiger partial charge >= 0.3 is 12.2 Å². The van der Waals surface area contributed by atoms with Crippen molar-refractivity contribution in [3.8, 4) is 23.0 Å². The van der Waals surface area contributed by atoms with E-state index in [0.29, 0.717) is 41.6 Å². The minimum atomic E-state index is -1.19. The monoisotopic (exact) mass is 735 g/mol. The first-order valence-corrected chi connectivity index (χ1v) is 16.8. The molecule has 49 heavy (non-hydrogen) atoms. The summed E-state index contributed by atoms with van der Waals surface area (Å²) in [6.45, 7) is 0.773. The van der Waals surface area contributed by atoms with Crippen LogP contribution in [0.15, 0.2) is 76.8 Å². The molecule has 3 amide bonds. The highest BCUT2D eigenvalue weighted by atomic mass is 79.9. The summed E-state index contributed by atoms with van der Waals surface area (Å²) in [5.41, 5.74) is 2.55. The van der Waals surface area contributed by atoms with E-state index in [-0.39, 0.29) is 38.0 Å². The molecule has 1 aliphatic carbocycles. The van der Waals surface area contributed by atoms with Crippen molar-refractivity contribution >= 4 is 39.6 Å². The van der Waals surface area contributed by atoms with E-state index in [1.807, 2.05) is 60.7 Å². The number of fused-ring (bicyclic) bond motifs is 2. The first-order valence-electron chi connectivity index (χ1n) is 16.0. The molecule has 12 nitrogen and oxygen atoms in total. The van der Waals surface area contributed by atoms with Crippen molar-refractivity contribution in [1.82, 2.24) is 14.7 Å². The third-order valence-corrected chi connectivity index (χ3v) is 9.55. The van der Waals surface area contributed by atoms with Crippen LogP contribution in [0.1, 0.15) is 30.4 Å². The molecule has 1 saturated carbocycles. The number of nitrogens with zero attached hydrogens (tertiary/aromatic N) is 3. The minimum absolute atomic E-state index is 0.0125. The Balaban J connectivity index is 1.31. The van der Waals surface area contributed by atoms with Crippen LogP contribution in [-0.2, 0) is 11.3 Å². The molecule has 0 radical (unpaired) electrons. The molecule has 0 aromatic heterocycles. The molecule has 2 fully saturated rings. The maximum atomic E-state index is 14.8. The van der Waals surface area contributed by atoms with Crippen molar-refractivity contribution in [1.29, 1.82) is 0 Å². The average molecular weight is 737 g/mol. The van der Waals surface area contributed by atoms with Gasteiger partial charge in [0.1, 0.15) is 36.2 Å². The summed E-state index contributed by atoms with van der Waals surface area (Å²) in [6, 6.07) is 18.7. The van der Waals surface area contributed by atoms with E-state index in [9.17, 15) is 24.6 Å². The molecule has 258 valence electrons. The van der Waals surface area contributed by atoms with E-state index in [1.54, 1.807) is 25.2 Å². The second-order valence-electron chi connectivity index (χ2n) is 12.2. The molecule has 3 aromatic rings. The number of ether oxygens (including phenoxy) is 4. The fourth-order valence-electron chi connectivity index (χ4n) is 6.56. The number of carbonyl (C=O) groups excluding carboxylic acids is 1. The smallest absolute Gasteiger partial charge is 0.408 e. The summed E-state index contributed by atoms with van der Waals surface area (Å²) in [5.74, 6) is 2.20. The molecule has 3 aromatic carbocycles. The van der Waals surface area contributed by atoms with Crippen LogP contribution in [0.5, 0.6) is 23.0 Å². The maximum absolute atomic E-state index is 14.8. The molecule has 3 aliphatic rings. The van der Waals surface area contributed by atoms with Crippen LogP contribution < -0.4 is 18.9 Å². The van der Waals surface area contributed by atoms with E-state index in [2.05, 4.69) is 15.9 Å². The normalized spacial score (nSPS) is 18.5. The molecule has 2 aliphatic heterocycles. The van der Waals surface area contributed by atoms with Gasteiger partial charge in [0.15, 0.2) is 0 Å². The zero-order valence-corrected chi connectivity index (χ0v) is 28.8. The second kappa shape index (κ2) is 14.7. The van der Waals surface area contributed by atoms with Gasteiger partial charge in [-0.05, 0) is 84.5 Å². The SMILES string of the molecule is COc1cc(CN(C(=O)C2=C(c3ccc(OCCOc4ccc(Br)cc4)cc3)C[C@@H]3CN(C(=O)O)C[C@H]2N3C(=O)O)C2CC2)cc(OC)c1. The summed E-state index contributed by atoms with van der Waals surface area (Å²) >= 11 is 3.41. The lowest BCUT2D eigenvalue weighted by atomic mass is 9.81. The predicted molar refractivity (Wildman–Crippen MR) is 183 cm³/mol. The lowest BCUT2D eigenvalue weighted by molar-refractivity contribution is -0.129. The summed E-state index contributed by atoms with van der Waals surface area (Å²) in [7, 11) is 3.12. The highest BCUT2D eigenvalue weighted by Crippen LogP contribution is 2.41. The Morgan fingerprint density at radius 2 is 1.41 bits per heavy atom. The number of amides is 3. The molecule has 1 saturated heterocycles. The molecule has 2 N–H and O–H groups in total. The summed E-state index contributed by atoms with van der Waals surface area (Å²) in [4.78, 5) is 43.8. The third-order valence-electron chi connectivity index (χ3n) is 9.02. The van der Waals surface area contributed by atoms with Crippen LogP contribution >= 0.6 is 15.9 Å². The minimum Gasteiger partial charge on any atom is -0.497 e. The molecule has 2 bridgehead atoms. The van der Waals surface area contributed by atoms with Crippen molar-refractivity contribution in [3.05, 3.63) is 87.9 Å². The van der Waals surface area contributed by atoms with Crippen LogP contribution in [0, 0.1) is 0 Å². The average Bonchev–Trinajstić information content (AvgIpc) is 3.94. The standard InChI is InChI=1S/C36H38BrN3O9/c1-46-29-15-22(16-30(18-29)47-2)19-39(25-7-8-25)34(41)33-31(17-26-20-38(35(42)43)21-32(33)40(26)36(44)45)23-3-9-27(10-4-23)48-13-14-49-28-11-5-24(37)6-12-28/h3-6,9-12,15-16,18,25-26,32H,7-8,13-14,17,19-21H2,1-2H3,(H,42,43)(H,44,45)/t26-,32-/m1/s1. The van der Waals surface area contributed by atoms with Gasteiger partial charge in [0.2, 0.25) is 0 Å². The Bertz CT molecular complexity index is 1700. The Morgan fingerprint density at radius 3 is 1.94 bits per heavy atom. The molecule has 2 heterocycles. The summed E-state index contributed by atoms with van der Waals surface area (Å²) in [6.07, 6.45) is -0.535. The number of carboxylic acid groups (broad SMARTS) is 2. The lowest BCUT2D eigenvalue weighted by Crippen LogP contribution is -2.65. The number of piperazine rings is 1. The van der Waals surface area contributed by atoms with E-state index >= 15 is 0 Å². The number of hydrogen-bond donors (Lipinski definition) is 2. The second-order valence-corrected chi connectivity index (χ2v) is 13.1. The van der Waals surface area contributed by atoms with Crippen molar-refractivity contribution in [3.63, 3.8) is 0 Å². The summed E-state index contributed by atoms with van der Waals surface area (Å²) < 4.78 is 23.5. The number of halogens is 1. The molecule has 13 heteroatoms. The molecular weight excluding hydrogens is 698 g/mol. The number of hydrogen-bond acceptors (Lipinski definition) is 7. The Morgan fingerprint density at radius 1 is 0.816 bits per heavy atom. The first-order chi connectivity index (χ1) is 23.6. The highest BCUT2D eigenvalue weighted by Gasteiger charge is 2.49. The molecule has 2 atom stereocenters. The molecule has 0 spiro atoms. The molecular formula is C36H38BrN3O9. The van der Waals surface area contributed by atoms with Crippen molar-refractivity contribution in [2.75, 3.05) is 40.5 Å². The van der Waals surface area contributed by atoms with Crippen LogP contribution in [-0.4, -0.2) is 102 Å². The van der Waals surface area contributed by atoms with E-state index in [0.717, 1.165) is 34.2 Å². The largest absolute Gasteiger partial charge is 0.497 e. The van der Waals surface area contributed by atoms with Crippen molar-refractivity contribution in [2.24, 2.45) is 0 Å². The van der Waals surface area contributed by atoms with Crippen molar-refractivity contribution < 1.29 is 43.5 Å². The number of carbonyl (C=O) groups is 3. The maximum Gasteiger partial charge on any atom is 0.408 e. The van der Waals surface area contributed by atoms with Crippen LogP contribution in [0.25, 0.3) is 5.57 Å². The zero-order valence-electron chi connectivity index (χ0n) is 27.2. The van der Waals surface area contributed by atoms with Gasteiger partial charge in [-0.25, -0.2) is 9.59 Å². The van der Waals surface area contributed by atoms with Gasteiger partial charge in [-0.2, -0.15) is 0 Å². The van der Waals surface area contributed by atoms with E-state index in [1.165, 1.54) is 9.80 Å². The Kier molecular flexibility index (Phi) is 10.2. The van der Waals surface area contributed by atoms with Gasteiger partial charge < -0.3 is 39.0 Å². The van der Waals surface area contributed by atoms with Gasteiger partial charge in [-0.15, -0.1) is 0 Å². The lowest BCUT2D eigenvalue weighted by Gasteiger charge is -2.49. The number of rotatable bonds is 12. The Hall–Kier alpha value is -4.91. The van der Waals surface area contributed by atoms with Crippen LogP contribution in [0.3, 0.4) is 0 Å². The van der Waals surface area contributed by atoms with E-state index < -0.39 is 24.3 Å². The Labute approximate surface area is 292 Å². The number of benzene rings is 3. The van der Waals surface area contributed by atoms with Gasteiger partial charge in [-0.1, -0.05) is 28.1 Å². The van der Waals surface area contributed by atoms with Gasteiger partial charge in [0, 0.05) is 41.8 Å². The highest BCUT2D eigenvalue weighted by molar-refractivity contribution is 9.10. The van der Waals surface area contributed by atoms with E-state index in [4.69, 9.17) is 18.9 Å². The quantitative estimate of drug-likeness (QED) is 0.215. The fraction of sp³-hybridized carbons (Fsp3) is 0.361. The number of methoxy groups -OCH3 is 2. The molecule has 6 rings (SSSR count). The van der Waals surface area contributed by atoms with Crippen LogP contribution in [0.2, 0.25) is 0 Å².